The molecule has 21 heavy (non-hydrogen) atoms. The van der Waals surface area contributed by atoms with E-state index >= 15 is 0 Å². The zero-order valence-corrected chi connectivity index (χ0v) is 11.7. The molecule has 1 aromatic heterocycles. The van der Waals surface area contributed by atoms with Crippen LogP contribution in [-0.4, -0.2) is 19.8 Å². The van der Waals surface area contributed by atoms with Crippen LogP contribution in [-0.2, 0) is 21.1 Å². The molecule has 0 aliphatic heterocycles. The number of nitrogens with zero attached hydrogens (tertiary/aromatic N) is 1. The first-order chi connectivity index (χ1) is 9.27. The Hall–Kier alpha value is -0.940. The van der Waals surface area contributed by atoms with Gasteiger partial charge in [0.1, 0.15) is 10.5 Å². The maximum Gasteiger partial charge on any atom is 0.573 e. The van der Waals surface area contributed by atoms with Gasteiger partial charge in [-0.3, -0.25) is 4.98 Å². The quantitative estimate of drug-likeness (QED) is 0.458. The Morgan fingerprint density at radius 1 is 1.19 bits per heavy atom. The molecule has 4 nitrogen and oxygen atoms in total. The van der Waals surface area contributed by atoms with Gasteiger partial charge in [-0.15, -0.1) is 24.8 Å². The van der Waals surface area contributed by atoms with Gasteiger partial charge in [0.2, 0.25) is 0 Å². The van der Waals surface area contributed by atoms with Gasteiger partial charge in [-0.2, -0.15) is 13.2 Å². The number of hydrogen-bond acceptors (Lipinski definition) is 4. The molecule has 13 heteroatoms. The van der Waals surface area contributed by atoms with Crippen LogP contribution in [0.3, 0.4) is 0 Å². The highest BCUT2D eigenvalue weighted by atomic mass is 35.7. The van der Waals surface area contributed by atoms with E-state index in [0.29, 0.717) is 0 Å². The molecule has 0 radical (unpaired) electrons. The van der Waals surface area contributed by atoms with Crippen LogP contribution in [0.2, 0.25) is 0 Å². The third-order valence-corrected chi connectivity index (χ3v) is 3.60. The lowest BCUT2D eigenvalue weighted by Crippen LogP contribution is -2.22. The van der Waals surface area contributed by atoms with Crippen LogP contribution in [0, 0.1) is 0 Å². The highest BCUT2D eigenvalue weighted by molar-refractivity contribution is 8.13. The van der Waals surface area contributed by atoms with E-state index in [0.717, 1.165) is 0 Å². The number of alkyl halides is 7. The fourth-order valence-electron chi connectivity index (χ4n) is 1.34. The van der Waals surface area contributed by atoms with Crippen LogP contribution in [0.4, 0.5) is 26.3 Å². The van der Waals surface area contributed by atoms with Crippen molar-refractivity contribution in [3.8, 4) is 5.75 Å². The Morgan fingerprint density at radius 3 is 2.05 bits per heavy atom. The summed E-state index contributed by atoms with van der Waals surface area (Å²) in [5.74, 6) is -2.67. The van der Waals surface area contributed by atoms with Crippen LogP contribution < -0.4 is 4.74 Å². The Labute approximate surface area is 123 Å². The molecule has 0 amide bonds. The van der Waals surface area contributed by atoms with Gasteiger partial charge >= 0.3 is 12.5 Å². The van der Waals surface area contributed by atoms with Crippen molar-refractivity contribution in [3.05, 3.63) is 17.5 Å². The fourth-order valence-corrected chi connectivity index (χ4v) is 2.99. The summed E-state index contributed by atoms with van der Waals surface area (Å²) in [7, 11) is -0.246. The van der Waals surface area contributed by atoms with Gasteiger partial charge in [0, 0.05) is 10.7 Å². The highest BCUT2D eigenvalue weighted by Gasteiger charge is 2.45. The van der Waals surface area contributed by atoms with Crippen molar-refractivity contribution in [2.24, 2.45) is 0 Å². The smallest absolute Gasteiger partial charge is 0.403 e. The Kier molecular flexibility index (Phi) is 4.91. The topological polar surface area (TPSA) is 56.3 Å². The van der Waals surface area contributed by atoms with Crippen molar-refractivity contribution in [3.63, 3.8) is 0 Å². The molecule has 0 spiro atoms. The lowest BCUT2D eigenvalue weighted by atomic mass is 10.2. The maximum absolute atomic E-state index is 12.9. The average molecular weight is 378 g/mol. The summed E-state index contributed by atoms with van der Waals surface area (Å²) in [6.07, 6.45) is -10.9. The van der Waals surface area contributed by atoms with Crippen molar-refractivity contribution in [1.82, 2.24) is 4.98 Å². The van der Waals surface area contributed by atoms with Crippen molar-refractivity contribution in [2.75, 3.05) is 0 Å². The van der Waals surface area contributed by atoms with E-state index in [9.17, 15) is 34.8 Å². The van der Waals surface area contributed by atoms with Crippen LogP contribution in [0.25, 0.3) is 0 Å². The molecular formula is C8H3Cl2F6NO3S. The first-order valence-electron chi connectivity index (χ1n) is 4.63. The number of rotatable bonds is 3. The molecule has 0 N–H and O–H groups in total. The lowest BCUT2D eigenvalue weighted by molar-refractivity contribution is -0.276. The average Bonchev–Trinajstić information content (AvgIpc) is 2.23. The molecule has 0 atom stereocenters. The van der Waals surface area contributed by atoms with Crippen molar-refractivity contribution in [2.45, 2.75) is 23.3 Å². The van der Waals surface area contributed by atoms with E-state index in [2.05, 4.69) is 9.72 Å². The number of hydrogen-bond donors (Lipinski definition) is 0. The van der Waals surface area contributed by atoms with Crippen LogP contribution in [0.1, 0.15) is 11.3 Å². The molecule has 0 aliphatic rings. The van der Waals surface area contributed by atoms with Gasteiger partial charge in [-0.1, -0.05) is 0 Å². The van der Waals surface area contributed by atoms with Crippen LogP contribution in [0.15, 0.2) is 11.1 Å². The minimum atomic E-state index is -5.50. The predicted octanol–water partition coefficient (Wildman–Crippen LogP) is 3.67. The standard InChI is InChI=1S/C8H3Cl2F6NO3S/c9-1-3-6(21(10,18)19)5(7(11,12)13)4(2-17-3)20-8(14,15)16/h2H,1H2. The number of halogens is 8. The maximum atomic E-state index is 12.9. The summed E-state index contributed by atoms with van der Waals surface area (Å²) >= 11 is 5.23. The van der Waals surface area contributed by atoms with Gasteiger partial charge in [0.05, 0.1) is 17.8 Å². The molecule has 0 aliphatic carbocycles. The summed E-state index contributed by atoms with van der Waals surface area (Å²) in [6, 6.07) is 0. The summed E-state index contributed by atoms with van der Waals surface area (Å²) < 4.78 is 101. The third kappa shape index (κ3) is 4.51. The van der Waals surface area contributed by atoms with Crippen LogP contribution >= 0.6 is 22.3 Å². The number of ether oxygens (including phenoxy) is 1. The predicted molar refractivity (Wildman–Crippen MR) is 58.5 cm³/mol. The molecule has 1 heterocycles. The molecule has 0 aromatic carbocycles. The van der Waals surface area contributed by atoms with Crippen molar-refractivity contribution in [1.29, 1.82) is 0 Å². The zero-order chi connectivity index (χ0) is 16.6. The summed E-state index contributed by atoms with van der Waals surface area (Å²) in [5, 5.41) is 0. The summed E-state index contributed by atoms with van der Waals surface area (Å²) in [6.45, 7) is 0. The van der Waals surface area contributed by atoms with Gasteiger partial charge in [-0.25, -0.2) is 8.42 Å². The van der Waals surface area contributed by atoms with E-state index in [1.165, 1.54) is 0 Å². The van der Waals surface area contributed by atoms with Crippen molar-refractivity contribution < 1.29 is 39.5 Å². The molecule has 0 unspecified atom stereocenters. The Morgan fingerprint density at radius 2 is 1.71 bits per heavy atom. The monoisotopic (exact) mass is 377 g/mol. The second-order valence-corrected chi connectivity index (χ2v) is 6.16. The van der Waals surface area contributed by atoms with Gasteiger partial charge in [0.25, 0.3) is 9.05 Å². The molecule has 1 rings (SSSR count). The largest absolute Gasteiger partial charge is 0.573 e. The van der Waals surface area contributed by atoms with E-state index in [1.807, 2.05) is 0 Å². The van der Waals surface area contributed by atoms with E-state index in [-0.39, 0.29) is 6.20 Å². The lowest BCUT2D eigenvalue weighted by Gasteiger charge is -2.18. The summed E-state index contributed by atoms with van der Waals surface area (Å²) in [5.41, 5.74) is -3.08. The number of pyridine rings is 1. The molecule has 1 aromatic rings. The van der Waals surface area contributed by atoms with E-state index in [4.69, 9.17) is 22.3 Å². The zero-order valence-electron chi connectivity index (χ0n) is 9.39. The Bertz CT molecular complexity index is 643. The van der Waals surface area contributed by atoms with Gasteiger partial charge < -0.3 is 4.74 Å². The molecular weight excluding hydrogens is 375 g/mol. The second-order valence-electron chi connectivity index (χ2n) is 3.39. The first kappa shape index (κ1) is 18.1. The normalized spacial score (nSPS) is 13.3. The molecule has 0 saturated heterocycles. The SMILES string of the molecule is O=S(=O)(Cl)c1c(CCl)ncc(OC(F)(F)F)c1C(F)(F)F. The summed E-state index contributed by atoms with van der Waals surface area (Å²) in [4.78, 5) is 1.43. The van der Waals surface area contributed by atoms with Crippen LogP contribution in [0.5, 0.6) is 5.75 Å². The molecule has 0 bridgehead atoms. The Balaban J connectivity index is 3.78. The third-order valence-electron chi connectivity index (χ3n) is 1.95. The number of aromatic nitrogens is 1. The highest BCUT2D eigenvalue weighted by Crippen LogP contribution is 2.44. The molecule has 120 valence electrons. The minimum Gasteiger partial charge on any atom is -0.403 e. The molecule has 0 fully saturated rings. The fraction of sp³-hybridized carbons (Fsp3) is 0.375. The second kappa shape index (κ2) is 5.69. The first-order valence-corrected chi connectivity index (χ1v) is 7.47. The minimum absolute atomic E-state index is 0.0690. The van der Waals surface area contributed by atoms with Gasteiger partial charge in [-0.05, 0) is 0 Å². The van der Waals surface area contributed by atoms with E-state index < -0.39 is 49.4 Å². The van der Waals surface area contributed by atoms with Gasteiger partial charge in [0.15, 0.2) is 5.75 Å². The molecule has 0 saturated carbocycles. The van der Waals surface area contributed by atoms with Crippen molar-refractivity contribution >= 4 is 31.3 Å². The van der Waals surface area contributed by atoms with E-state index in [1.54, 1.807) is 0 Å².